The molecule has 0 aliphatic heterocycles. The second-order valence-corrected chi connectivity index (χ2v) is 5.12. The van der Waals surface area contributed by atoms with Crippen LogP contribution in [0.4, 0.5) is 0 Å². The monoisotopic (exact) mass is 246 g/mol. The number of amides is 1. The predicted octanol–water partition coefficient (Wildman–Crippen LogP) is 0.230. The maximum Gasteiger partial charge on any atom is 0.236 e. The van der Waals surface area contributed by atoms with E-state index in [1.54, 1.807) is 11.9 Å². The Morgan fingerprint density at radius 3 is 2.53 bits per heavy atom. The first-order valence-electron chi connectivity index (χ1n) is 6.03. The minimum atomic E-state index is -0.589. The summed E-state index contributed by atoms with van der Waals surface area (Å²) in [5, 5.41) is 12.5. The second kappa shape index (κ2) is 7.63. The van der Waals surface area contributed by atoms with Crippen molar-refractivity contribution in [2.45, 2.75) is 39.4 Å². The number of carbonyl (C=O) groups excluding carboxylic acids is 1. The van der Waals surface area contributed by atoms with Crippen molar-refractivity contribution in [1.82, 2.24) is 10.2 Å². The lowest BCUT2D eigenvalue weighted by atomic mass is 10.2. The molecule has 5 heteroatoms. The third-order valence-corrected chi connectivity index (χ3v) is 2.27. The van der Waals surface area contributed by atoms with Crippen molar-refractivity contribution in [3.63, 3.8) is 0 Å². The molecule has 0 aromatic carbocycles. The van der Waals surface area contributed by atoms with Gasteiger partial charge in [0.05, 0.1) is 24.9 Å². The zero-order chi connectivity index (χ0) is 13.5. The summed E-state index contributed by atoms with van der Waals surface area (Å²) in [6.45, 7) is 9.30. The first-order chi connectivity index (χ1) is 7.76. The van der Waals surface area contributed by atoms with Crippen molar-refractivity contribution < 1.29 is 14.6 Å². The van der Waals surface area contributed by atoms with E-state index in [0.29, 0.717) is 13.1 Å². The maximum atomic E-state index is 11.4. The van der Waals surface area contributed by atoms with Crippen LogP contribution in [-0.4, -0.2) is 60.9 Å². The fraction of sp³-hybridized carbons (Fsp3) is 0.917. The van der Waals surface area contributed by atoms with Crippen LogP contribution in [0.25, 0.3) is 0 Å². The highest BCUT2D eigenvalue weighted by Gasteiger charge is 2.14. The van der Waals surface area contributed by atoms with Crippen molar-refractivity contribution in [2.75, 3.05) is 33.3 Å². The van der Waals surface area contributed by atoms with E-state index >= 15 is 0 Å². The number of hydrogen-bond acceptors (Lipinski definition) is 4. The standard InChI is InChI=1S/C12H26N2O3/c1-6-14(5)11(16)8-13-7-10(15)9-17-12(2,3)4/h10,13,15H,6-9H2,1-5H3. The molecule has 17 heavy (non-hydrogen) atoms. The van der Waals surface area contributed by atoms with Crippen molar-refractivity contribution in [3.05, 3.63) is 0 Å². The lowest BCUT2D eigenvalue weighted by molar-refractivity contribution is -0.128. The first kappa shape index (κ1) is 16.4. The zero-order valence-corrected chi connectivity index (χ0v) is 11.6. The minimum absolute atomic E-state index is 0.0245. The van der Waals surface area contributed by atoms with E-state index in [9.17, 15) is 9.90 Å². The van der Waals surface area contributed by atoms with E-state index in [1.165, 1.54) is 0 Å². The third-order valence-electron chi connectivity index (χ3n) is 2.27. The number of rotatable bonds is 7. The summed E-state index contributed by atoms with van der Waals surface area (Å²) < 4.78 is 5.43. The summed E-state index contributed by atoms with van der Waals surface area (Å²) >= 11 is 0. The van der Waals surface area contributed by atoms with Crippen LogP contribution in [0.5, 0.6) is 0 Å². The maximum absolute atomic E-state index is 11.4. The van der Waals surface area contributed by atoms with E-state index < -0.39 is 6.10 Å². The molecule has 0 heterocycles. The highest BCUT2D eigenvalue weighted by atomic mass is 16.5. The molecule has 0 aliphatic carbocycles. The van der Waals surface area contributed by atoms with E-state index in [1.807, 2.05) is 27.7 Å². The molecule has 0 aliphatic rings. The van der Waals surface area contributed by atoms with Crippen molar-refractivity contribution >= 4 is 5.91 Å². The van der Waals surface area contributed by atoms with E-state index in [2.05, 4.69) is 5.32 Å². The van der Waals surface area contributed by atoms with Gasteiger partial charge in [-0.25, -0.2) is 0 Å². The number of aliphatic hydroxyl groups excluding tert-OH is 1. The fourth-order valence-electron chi connectivity index (χ4n) is 1.06. The highest BCUT2D eigenvalue weighted by Crippen LogP contribution is 2.06. The van der Waals surface area contributed by atoms with Gasteiger partial charge in [-0.3, -0.25) is 4.79 Å². The van der Waals surface area contributed by atoms with E-state index in [-0.39, 0.29) is 24.7 Å². The molecular weight excluding hydrogens is 220 g/mol. The molecule has 0 rings (SSSR count). The summed E-state index contributed by atoms with van der Waals surface area (Å²) in [7, 11) is 1.75. The summed E-state index contributed by atoms with van der Waals surface area (Å²) in [5.74, 6) is 0.0245. The summed E-state index contributed by atoms with van der Waals surface area (Å²) in [6, 6.07) is 0. The fourth-order valence-corrected chi connectivity index (χ4v) is 1.06. The van der Waals surface area contributed by atoms with Crippen LogP contribution in [-0.2, 0) is 9.53 Å². The van der Waals surface area contributed by atoms with Crippen LogP contribution in [0.3, 0.4) is 0 Å². The Kier molecular flexibility index (Phi) is 7.34. The van der Waals surface area contributed by atoms with Crippen LogP contribution in [0.15, 0.2) is 0 Å². The molecule has 5 nitrogen and oxygen atoms in total. The normalized spacial score (nSPS) is 13.5. The molecule has 0 saturated carbocycles. The highest BCUT2D eigenvalue weighted by molar-refractivity contribution is 5.77. The Balaban J connectivity index is 3.64. The van der Waals surface area contributed by atoms with Crippen LogP contribution in [0.2, 0.25) is 0 Å². The molecule has 0 aromatic rings. The van der Waals surface area contributed by atoms with Gasteiger partial charge in [0.1, 0.15) is 0 Å². The largest absolute Gasteiger partial charge is 0.389 e. The van der Waals surface area contributed by atoms with Crippen LogP contribution in [0.1, 0.15) is 27.7 Å². The van der Waals surface area contributed by atoms with Gasteiger partial charge in [-0.05, 0) is 27.7 Å². The average molecular weight is 246 g/mol. The topological polar surface area (TPSA) is 61.8 Å². The number of ether oxygens (including phenoxy) is 1. The molecule has 0 bridgehead atoms. The molecular formula is C12H26N2O3. The molecule has 0 spiro atoms. The molecule has 1 amide bonds. The Labute approximate surface area is 104 Å². The molecule has 1 unspecified atom stereocenters. The van der Waals surface area contributed by atoms with Gasteiger partial charge in [-0.2, -0.15) is 0 Å². The minimum Gasteiger partial charge on any atom is -0.389 e. The van der Waals surface area contributed by atoms with Crippen molar-refractivity contribution in [3.8, 4) is 0 Å². The van der Waals surface area contributed by atoms with Gasteiger partial charge in [0.25, 0.3) is 0 Å². The Hall–Kier alpha value is -0.650. The first-order valence-corrected chi connectivity index (χ1v) is 6.03. The number of nitrogens with one attached hydrogen (secondary N) is 1. The van der Waals surface area contributed by atoms with Crippen molar-refractivity contribution in [2.24, 2.45) is 0 Å². The van der Waals surface area contributed by atoms with Gasteiger partial charge in [0, 0.05) is 20.1 Å². The Morgan fingerprint density at radius 2 is 2.06 bits per heavy atom. The zero-order valence-electron chi connectivity index (χ0n) is 11.6. The molecule has 102 valence electrons. The number of carbonyl (C=O) groups is 1. The summed E-state index contributed by atoms with van der Waals surface area (Å²) in [6.07, 6.45) is -0.589. The summed E-state index contributed by atoms with van der Waals surface area (Å²) in [5.41, 5.74) is -0.251. The van der Waals surface area contributed by atoms with Gasteiger partial charge in [0.15, 0.2) is 0 Å². The Bertz CT molecular complexity index is 226. The SMILES string of the molecule is CCN(C)C(=O)CNCC(O)COC(C)(C)C. The number of likely N-dealkylation sites (N-methyl/N-ethyl adjacent to an activating group) is 1. The molecule has 0 aromatic heterocycles. The van der Waals surface area contributed by atoms with E-state index in [4.69, 9.17) is 4.74 Å². The summed E-state index contributed by atoms with van der Waals surface area (Å²) in [4.78, 5) is 13.1. The van der Waals surface area contributed by atoms with Gasteiger partial charge < -0.3 is 20.1 Å². The number of hydrogen-bond donors (Lipinski definition) is 2. The molecule has 0 saturated heterocycles. The molecule has 1 atom stereocenters. The van der Waals surface area contributed by atoms with Gasteiger partial charge >= 0.3 is 0 Å². The van der Waals surface area contributed by atoms with Crippen LogP contribution < -0.4 is 5.32 Å². The third kappa shape index (κ3) is 9.09. The lowest BCUT2D eigenvalue weighted by Gasteiger charge is -2.22. The second-order valence-electron chi connectivity index (χ2n) is 5.12. The Morgan fingerprint density at radius 1 is 1.47 bits per heavy atom. The number of nitrogens with zero attached hydrogens (tertiary/aromatic N) is 1. The lowest BCUT2D eigenvalue weighted by Crippen LogP contribution is -2.40. The number of aliphatic hydroxyl groups is 1. The predicted molar refractivity (Wildman–Crippen MR) is 67.9 cm³/mol. The molecule has 0 fully saturated rings. The van der Waals surface area contributed by atoms with Gasteiger partial charge in [-0.1, -0.05) is 0 Å². The van der Waals surface area contributed by atoms with Crippen LogP contribution >= 0.6 is 0 Å². The van der Waals surface area contributed by atoms with Crippen molar-refractivity contribution in [1.29, 1.82) is 0 Å². The van der Waals surface area contributed by atoms with Gasteiger partial charge in [-0.15, -0.1) is 0 Å². The molecule has 2 N–H and O–H groups in total. The molecule has 0 radical (unpaired) electrons. The smallest absolute Gasteiger partial charge is 0.236 e. The average Bonchev–Trinajstić information content (AvgIpc) is 2.24. The van der Waals surface area contributed by atoms with Crippen LogP contribution in [0, 0.1) is 0 Å². The quantitative estimate of drug-likeness (QED) is 0.675. The van der Waals surface area contributed by atoms with Gasteiger partial charge in [0.2, 0.25) is 5.91 Å². The van der Waals surface area contributed by atoms with E-state index in [0.717, 1.165) is 0 Å².